The number of benzene rings is 2. The van der Waals surface area contributed by atoms with Gasteiger partial charge in [-0.2, -0.15) is 0 Å². The molecule has 23 heavy (non-hydrogen) atoms. The summed E-state index contributed by atoms with van der Waals surface area (Å²) in [6, 6.07) is 15.5. The fourth-order valence-electron chi connectivity index (χ4n) is 2.51. The number of carbonyl (C=O) groups is 1. The van der Waals surface area contributed by atoms with Crippen LogP contribution in [0.5, 0.6) is 0 Å². The number of rotatable bonds is 4. The van der Waals surface area contributed by atoms with Crippen LogP contribution in [0.25, 0.3) is 10.9 Å². The summed E-state index contributed by atoms with van der Waals surface area (Å²) in [5.74, 6) is 1.05. The van der Waals surface area contributed by atoms with Gasteiger partial charge >= 0.3 is 0 Å². The molecule has 0 atom stereocenters. The van der Waals surface area contributed by atoms with E-state index in [9.17, 15) is 4.79 Å². The molecule has 1 aromatic heterocycles. The number of aromatic nitrogens is 2. The molecule has 1 heterocycles. The molecular formula is C18H16N4O. The van der Waals surface area contributed by atoms with Crippen LogP contribution in [0.15, 0.2) is 54.9 Å². The quantitative estimate of drug-likeness (QED) is 0.771. The molecule has 1 saturated carbocycles. The van der Waals surface area contributed by atoms with Crippen LogP contribution in [0.3, 0.4) is 0 Å². The van der Waals surface area contributed by atoms with E-state index in [2.05, 4.69) is 20.6 Å². The molecule has 2 aromatic carbocycles. The van der Waals surface area contributed by atoms with Crippen LogP contribution in [-0.2, 0) is 4.79 Å². The Bertz CT molecular complexity index is 868. The van der Waals surface area contributed by atoms with E-state index >= 15 is 0 Å². The van der Waals surface area contributed by atoms with Crippen molar-refractivity contribution in [3.63, 3.8) is 0 Å². The van der Waals surface area contributed by atoms with Crippen molar-refractivity contribution >= 4 is 34.0 Å². The van der Waals surface area contributed by atoms with Crippen LogP contribution < -0.4 is 10.6 Å². The summed E-state index contributed by atoms with van der Waals surface area (Å²) >= 11 is 0. The van der Waals surface area contributed by atoms with Gasteiger partial charge in [0.2, 0.25) is 5.91 Å². The van der Waals surface area contributed by atoms with Gasteiger partial charge in [0.15, 0.2) is 0 Å². The van der Waals surface area contributed by atoms with Crippen molar-refractivity contribution < 1.29 is 4.79 Å². The number of carbonyl (C=O) groups excluding carboxylic acids is 1. The number of fused-ring (bicyclic) bond motifs is 1. The first kappa shape index (κ1) is 13.7. The van der Waals surface area contributed by atoms with Gasteiger partial charge in [-0.05, 0) is 43.2 Å². The monoisotopic (exact) mass is 304 g/mol. The Balaban J connectivity index is 1.59. The fraction of sp³-hybridized carbons (Fsp3) is 0.167. The topological polar surface area (TPSA) is 66.9 Å². The third kappa shape index (κ3) is 2.99. The molecule has 3 aromatic rings. The maximum Gasteiger partial charge on any atom is 0.227 e. The van der Waals surface area contributed by atoms with E-state index in [0.717, 1.165) is 40.9 Å². The van der Waals surface area contributed by atoms with Gasteiger partial charge in [0.1, 0.15) is 12.1 Å². The molecule has 1 amide bonds. The van der Waals surface area contributed by atoms with Gasteiger partial charge in [-0.25, -0.2) is 9.97 Å². The SMILES string of the molecule is O=C(Nc1cccc(Nc2ncnc3ccccc23)c1)C1CC1. The average molecular weight is 304 g/mol. The van der Waals surface area contributed by atoms with Crippen LogP contribution in [0.4, 0.5) is 17.2 Å². The summed E-state index contributed by atoms with van der Waals surface area (Å²) in [5.41, 5.74) is 2.57. The Hall–Kier alpha value is -2.95. The third-order valence-corrected chi connectivity index (χ3v) is 3.88. The van der Waals surface area contributed by atoms with Crippen LogP contribution in [0, 0.1) is 5.92 Å². The number of amides is 1. The summed E-state index contributed by atoms with van der Waals surface area (Å²) in [6.45, 7) is 0. The highest BCUT2D eigenvalue weighted by Crippen LogP contribution is 2.31. The Morgan fingerprint density at radius 1 is 1.00 bits per heavy atom. The second kappa shape index (κ2) is 5.68. The Labute approximate surface area is 133 Å². The lowest BCUT2D eigenvalue weighted by molar-refractivity contribution is -0.117. The van der Waals surface area contributed by atoms with Crippen LogP contribution in [0.1, 0.15) is 12.8 Å². The summed E-state index contributed by atoms with van der Waals surface area (Å²) in [5, 5.41) is 7.22. The van der Waals surface area contributed by atoms with Crippen LogP contribution in [0.2, 0.25) is 0 Å². The number of hydrogen-bond donors (Lipinski definition) is 2. The normalized spacial score (nSPS) is 13.7. The lowest BCUT2D eigenvalue weighted by atomic mass is 10.2. The zero-order chi connectivity index (χ0) is 15.6. The lowest BCUT2D eigenvalue weighted by Crippen LogP contribution is -2.13. The van der Waals surface area contributed by atoms with E-state index in [1.165, 1.54) is 0 Å². The molecule has 0 spiro atoms. The molecule has 0 unspecified atom stereocenters. The molecule has 0 bridgehead atoms. The maximum absolute atomic E-state index is 11.9. The second-order valence-corrected chi connectivity index (χ2v) is 5.71. The van der Waals surface area contributed by atoms with Crippen molar-refractivity contribution in [1.29, 1.82) is 0 Å². The van der Waals surface area contributed by atoms with E-state index in [-0.39, 0.29) is 11.8 Å². The molecule has 4 rings (SSSR count). The molecule has 0 aliphatic heterocycles. The first-order chi connectivity index (χ1) is 11.3. The predicted molar refractivity (Wildman–Crippen MR) is 90.6 cm³/mol. The summed E-state index contributed by atoms with van der Waals surface area (Å²) < 4.78 is 0. The van der Waals surface area contributed by atoms with Crippen molar-refractivity contribution in [2.45, 2.75) is 12.8 Å². The molecule has 114 valence electrons. The van der Waals surface area contributed by atoms with Crippen molar-refractivity contribution in [2.24, 2.45) is 5.92 Å². The molecule has 1 fully saturated rings. The standard InChI is InChI=1S/C18H16N4O/c23-18(12-8-9-12)22-14-5-3-4-13(10-14)21-17-15-6-1-2-7-16(15)19-11-20-17/h1-7,10-12H,8-9H2,(H,22,23)(H,19,20,21). The van der Waals surface area contributed by atoms with Gasteiger partial charge < -0.3 is 10.6 Å². The van der Waals surface area contributed by atoms with Crippen LogP contribution >= 0.6 is 0 Å². The van der Waals surface area contributed by atoms with Gasteiger partial charge in [-0.3, -0.25) is 4.79 Å². The Morgan fingerprint density at radius 3 is 2.70 bits per heavy atom. The Morgan fingerprint density at radius 2 is 1.83 bits per heavy atom. The molecular weight excluding hydrogens is 288 g/mol. The summed E-state index contributed by atoms with van der Waals surface area (Å²) in [6.07, 6.45) is 3.54. The minimum Gasteiger partial charge on any atom is -0.340 e. The van der Waals surface area contributed by atoms with E-state index in [1.54, 1.807) is 6.33 Å². The molecule has 5 heteroatoms. The number of nitrogens with one attached hydrogen (secondary N) is 2. The fourth-order valence-corrected chi connectivity index (χ4v) is 2.51. The Kier molecular flexibility index (Phi) is 3.38. The maximum atomic E-state index is 11.9. The number of anilines is 3. The zero-order valence-corrected chi connectivity index (χ0v) is 12.5. The van der Waals surface area contributed by atoms with E-state index in [1.807, 2.05) is 48.5 Å². The highest BCUT2D eigenvalue weighted by molar-refractivity contribution is 5.95. The van der Waals surface area contributed by atoms with Gasteiger partial charge in [0, 0.05) is 22.7 Å². The number of nitrogens with zero attached hydrogens (tertiary/aromatic N) is 2. The summed E-state index contributed by atoms with van der Waals surface area (Å²) in [7, 11) is 0. The predicted octanol–water partition coefficient (Wildman–Crippen LogP) is 3.72. The van der Waals surface area contributed by atoms with Crippen molar-refractivity contribution in [3.8, 4) is 0 Å². The molecule has 0 saturated heterocycles. The highest BCUT2D eigenvalue weighted by Gasteiger charge is 2.29. The second-order valence-electron chi connectivity index (χ2n) is 5.71. The first-order valence-corrected chi connectivity index (χ1v) is 7.67. The minimum atomic E-state index is 0.106. The van der Waals surface area contributed by atoms with Gasteiger partial charge in [0.05, 0.1) is 5.52 Å². The zero-order valence-electron chi connectivity index (χ0n) is 12.5. The molecule has 0 radical (unpaired) electrons. The van der Waals surface area contributed by atoms with Gasteiger partial charge in [-0.1, -0.05) is 18.2 Å². The number of para-hydroxylation sites is 1. The molecule has 5 nitrogen and oxygen atoms in total. The summed E-state index contributed by atoms with van der Waals surface area (Å²) in [4.78, 5) is 20.4. The molecule has 1 aliphatic rings. The van der Waals surface area contributed by atoms with E-state index < -0.39 is 0 Å². The van der Waals surface area contributed by atoms with Crippen molar-refractivity contribution in [2.75, 3.05) is 10.6 Å². The highest BCUT2D eigenvalue weighted by atomic mass is 16.2. The minimum absolute atomic E-state index is 0.106. The van der Waals surface area contributed by atoms with Crippen molar-refractivity contribution in [1.82, 2.24) is 9.97 Å². The van der Waals surface area contributed by atoms with Crippen molar-refractivity contribution in [3.05, 3.63) is 54.9 Å². The lowest BCUT2D eigenvalue weighted by Gasteiger charge is -2.10. The van der Waals surface area contributed by atoms with Crippen LogP contribution in [-0.4, -0.2) is 15.9 Å². The van der Waals surface area contributed by atoms with Gasteiger partial charge in [-0.15, -0.1) is 0 Å². The number of hydrogen-bond acceptors (Lipinski definition) is 4. The van der Waals surface area contributed by atoms with E-state index in [0.29, 0.717) is 0 Å². The molecule has 2 N–H and O–H groups in total. The smallest absolute Gasteiger partial charge is 0.227 e. The third-order valence-electron chi connectivity index (χ3n) is 3.88. The van der Waals surface area contributed by atoms with Gasteiger partial charge in [0.25, 0.3) is 0 Å². The molecule has 1 aliphatic carbocycles. The largest absolute Gasteiger partial charge is 0.340 e. The van der Waals surface area contributed by atoms with E-state index in [4.69, 9.17) is 0 Å². The first-order valence-electron chi connectivity index (χ1n) is 7.67. The average Bonchev–Trinajstić information content (AvgIpc) is 3.41.